The molecule has 1 saturated heterocycles. The molecule has 3 heterocycles. The molecule has 1 aromatic carbocycles. The second kappa shape index (κ2) is 8.41. The van der Waals surface area contributed by atoms with Crippen molar-refractivity contribution >= 4 is 33.4 Å². The molecular formula is C23H26N2O3S. The molecule has 1 aliphatic rings. The number of carbonyl (C=O) groups excluding carboxylic acids is 2. The highest BCUT2D eigenvalue weighted by Gasteiger charge is 2.30. The van der Waals surface area contributed by atoms with Crippen LogP contribution in [0.25, 0.3) is 10.2 Å². The number of likely N-dealkylation sites (tertiary alicyclic amines) is 1. The molecule has 152 valence electrons. The van der Waals surface area contributed by atoms with E-state index in [1.807, 2.05) is 17.9 Å². The molecule has 1 fully saturated rings. The highest BCUT2D eigenvalue weighted by atomic mass is 32.1. The molecule has 3 aromatic rings. The molecule has 0 radical (unpaired) electrons. The molecule has 0 spiro atoms. The van der Waals surface area contributed by atoms with E-state index in [2.05, 4.69) is 47.2 Å². The van der Waals surface area contributed by atoms with Crippen molar-refractivity contribution in [3.8, 4) is 0 Å². The van der Waals surface area contributed by atoms with E-state index < -0.39 is 0 Å². The van der Waals surface area contributed by atoms with E-state index in [1.165, 1.54) is 11.1 Å². The molecule has 5 nitrogen and oxygen atoms in total. The predicted molar refractivity (Wildman–Crippen MR) is 115 cm³/mol. The molecule has 29 heavy (non-hydrogen) atoms. The summed E-state index contributed by atoms with van der Waals surface area (Å²) in [7, 11) is 0. The van der Waals surface area contributed by atoms with Crippen molar-refractivity contribution in [1.29, 1.82) is 0 Å². The zero-order valence-corrected chi connectivity index (χ0v) is 17.7. The largest absolute Gasteiger partial charge is 0.466 e. The Morgan fingerprint density at radius 2 is 1.86 bits per heavy atom. The highest BCUT2D eigenvalue weighted by molar-refractivity contribution is 7.17. The monoisotopic (exact) mass is 410 g/mol. The van der Waals surface area contributed by atoms with Crippen molar-refractivity contribution < 1.29 is 14.3 Å². The van der Waals surface area contributed by atoms with Crippen LogP contribution in [0.4, 0.5) is 0 Å². The quantitative estimate of drug-likeness (QED) is 0.583. The predicted octanol–water partition coefficient (Wildman–Crippen LogP) is 4.47. The molecule has 1 amide bonds. The number of aromatic nitrogens is 1. The van der Waals surface area contributed by atoms with Crippen molar-refractivity contribution in [3.63, 3.8) is 0 Å². The minimum Gasteiger partial charge on any atom is -0.466 e. The summed E-state index contributed by atoms with van der Waals surface area (Å²) in [4.78, 5) is 27.2. The summed E-state index contributed by atoms with van der Waals surface area (Å²) in [5, 5.41) is 2.06. The van der Waals surface area contributed by atoms with Gasteiger partial charge >= 0.3 is 5.97 Å². The fourth-order valence-electron chi connectivity index (χ4n) is 3.94. The van der Waals surface area contributed by atoms with Crippen molar-refractivity contribution in [2.24, 2.45) is 5.92 Å². The number of carbonyl (C=O) groups is 2. The van der Waals surface area contributed by atoms with Crippen molar-refractivity contribution in [2.75, 3.05) is 19.7 Å². The average Bonchev–Trinajstić information content (AvgIpc) is 3.32. The third-order valence-electron chi connectivity index (χ3n) is 5.61. The summed E-state index contributed by atoms with van der Waals surface area (Å²) in [5.41, 5.74) is 4.22. The van der Waals surface area contributed by atoms with Crippen LogP contribution in [-0.4, -0.2) is 41.0 Å². The number of esters is 1. The van der Waals surface area contributed by atoms with Crippen LogP contribution in [0.2, 0.25) is 0 Å². The second-order valence-electron chi connectivity index (χ2n) is 7.59. The SMILES string of the molecule is CCOC(=O)C1CCN(C(=O)c2cc3sccc3n2Cc2ccc(C)cc2)CC1. The van der Waals surface area contributed by atoms with Crippen molar-refractivity contribution in [2.45, 2.75) is 33.2 Å². The number of rotatable bonds is 5. The fraction of sp³-hybridized carbons (Fsp3) is 0.391. The normalized spacial score (nSPS) is 15.0. The Morgan fingerprint density at radius 3 is 2.55 bits per heavy atom. The summed E-state index contributed by atoms with van der Waals surface area (Å²) in [5.74, 6) is -0.187. The van der Waals surface area contributed by atoms with Crippen LogP contribution in [0.5, 0.6) is 0 Å². The average molecular weight is 411 g/mol. The first-order valence-corrected chi connectivity index (χ1v) is 11.0. The third kappa shape index (κ3) is 4.08. The fourth-order valence-corrected chi connectivity index (χ4v) is 4.76. The maximum atomic E-state index is 13.3. The topological polar surface area (TPSA) is 51.5 Å². The number of thiophene rings is 1. The number of ether oxygens (including phenoxy) is 1. The molecule has 0 unspecified atom stereocenters. The van der Waals surface area contributed by atoms with Gasteiger partial charge < -0.3 is 14.2 Å². The minimum absolute atomic E-state index is 0.0443. The van der Waals surface area contributed by atoms with Crippen molar-refractivity contribution in [1.82, 2.24) is 9.47 Å². The molecule has 6 heteroatoms. The second-order valence-corrected chi connectivity index (χ2v) is 8.54. The van der Waals surface area contributed by atoms with Gasteiger partial charge in [0.15, 0.2) is 0 Å². The van der Waals surface area contributed by atoms with Crippen molar-refractivity contribution in [3.05, 3.63) is 58.6 Å². The van der Waals surface area contributed by atoms with Crippen LogP contribution >= 0.6 is 11.3 Å². The van der Waals surface area contributed by atoms with Gasteiger partial charge in [0.25, 0.3) is 5.91 Å². The number of benzene rings is 1. The van der Waals surface area contributed by atoms with Gasteiger partial charge in [-0.1, -0.05) is 29.8 Å². The molecule has 0 aliphatic carbocycles. The lowest BCUT2D eigenvalue weighted by Crippen LogP contribution is -2.41. The standard InChI is InChI=1S/C23H26N2O3S/c1-3-28-23(27)18-8-11-24(12-9-18)22(26)20-14-21-19(10-13-29-21)25(20)15-17-6-4-16(2)5-7-17/h4-7,10,13-14,18H,3,8-9,11-12,15H2,1-2H3. The Hall–Kier alpha value is -2.60. The molecule has 0 N–H and O–H groups in total. The zero-order valence-electron chi connectivity index (χ0n) is 16.9. The van der Waals surface area contributed by atoms with Gasteiger partial charge in [-0.15, -0.1) is 11.3 Å². The smallest absolute Gasteiger partial charge is 0.309 e. The van der Waals surface area contributed by atoms with Crippen LogP contribution in [0, 0.1) is 12.8 Å². The lowest BCUT2D eigenvalue weighted by atomic mass is 9.97. The van der Waals surface area contributed by atoms with Gasteiger partial charge in [0, 0.05) is 19.6 Å². The molecule has 1 aliphatic heterocycles. The van der Waals surface area contributed by atoms with Crippen LogP contribution in [0.3, 0.4) is 0 Å². The molecule has 0 atom stereocenters. The maximum Gasteiger partial charge on any atom is 0.309 e. The number of hydrogen-bond acceptors (Lipinski definition) is 4. The van der Waals surface area contributed by atoms with Gasteiger partial charge in [-0.25, -0.2) is 0 Å². The minimum atomic E-state index is -0.136. The van der Waals surface area contributed by atoms with E-state index in [0.717, 1.165) is 15.9 Å². The first-order valence-electron chi connectivity index (χ1n) is 10.1. The van der Waals surface area contributed by atoms with Gasteiger partial charge in [-0.2, -0.15) is 0 Å². The first kappa shape index (κ1) is 19.7. The Bertz CT molecular complexity index is 1010. The van der Waals surface area contributed by atoms with Crippen LogP contribution < -0.4 is 0 Å². The van der Waals surface area contributed by atoms with E-state index in [4.69, 9.17) is 4.74 Å². The highest BCUT2D eigenvalue weighted by Crippen LogP contribution is 2.28. The molecular weight excluding hydrogens is 384 g/mol. The molecule has 0 bridgehead atoms. The van der Waals surface area contributed by atoms with Gasteiger partial charge in [-0.3, -0.25) is 9.59 Å². The Morgan fingerprint density at radius 1 is 1.14 bits per heavy atom. The summed E-state index contributed by atoms with van der Waals surface area (Å²) < 4.78 is 8.39. The summed E-state index contributed by atoms with van der Waals surface area (Å²) in [6.07, 6.45) is 1.33. The number of amides is 1. The summed E-state index contributed by atoms with van der Waals surface area (Å²) in [6, 6.07) is 12.5. The van der Waals surface area contributed by atoms with Gasteiger partial charge in [-0.05, 0) is 49.8 Å². The maximum absolute atomic E-state index is 13.3. The Balaban J connectivity index is 1.54. The first-order chi connectivity index (χ1) is 14.1. The van der Waals surface area contributed by atoms with Crippen LogP contribution in [0.15, 0.2) is 41.8 Å². The summed E-state index contributed by atoms with van der Waals surface area (Å²) >= 11 is 1.66. The van der Waals surface area contributed by atoms with Crippen LogP contribution in [-0.2, 0) is 16.1 Å². The zero-order chi connectivity index (χ0) is 20.4. The van der Waals surface area contributed by atoms with Gasteiger partial charge in [0.1, 0.15) is 5.69 Å². The number of piperidine rings is 1. The lowest BCUT2D eigenvalue weighted by molar-refractivity contribution is -0.149. The number of nitrogens with zero attached hydrogens (tertiary/aromatic N) is 2. The number of hydrogen-bond donors (Lipinski definition) is 0. The van der Waals surface area contributed by atoms with E-state index in [1.54, 1.807) is 11.3 Å². The van der Waals surface area contributed by atoms with E-state index in [9.17, 15) is 9.59 Å². The molecule has 4 rings (SSSR count). The Kier molecular flexibility index (Phi) is 5.72. The third-order valence-corrected chi connectivity index (χ3v) is 6.46. The molecule has 0 saturated carbocycles. The van der Waals surface area contributed by atoms with Gasteiger partial charge in [0.2, 0.25) is 0 Å². The number of aryl methyl sites for hydroxylation is 1. The Labute approximate surface area is 174 Å². The summed E-state index contributed by atoms with van der Waals surface area (Å²) in [6.45, 7) is 6.15. The lowest BCUT2D eigenvalue weighted by Gasteiger charge is -2.31. The van der Waals surface area contributed by atoms with Gasteiger partial charge in [0.05, 0.1) is 22.7 Å². The van der Waals surface area contributed by atoms with E-state index >= 15 is 0 Å². The number of fused-ring (bicyclic) bond motifs is 1. The van der Waals surface area contributed by atoms with Crippen LogP contribution in [0.1, 0.15) is 41.4 Å². The van der Waals surface area contributed by atoms with E-state index in [-0.39, 0.29) is 17.8 Å². The molecule has 2 aromatic heterocycles. The van der Waals surface area contributed by atoms with E-state index in [0.29, 0.717) is 39.1 Å².